The second-order valence-corrected chi connectivity index (χ2v) is 13.0. The van der Waals surface area contributed by atoms with Crippen molar-refractivity contribution in [2.45, 2.75) is 63.6 Å². The summed E-state index contributed by atoms with van der Waals surface area (Å²) in [6, 6.07) is 37.1. The second-order valence-electron chi connectivity index (χ2n) is 11.3. The number of aryl methyl sites for hydroxylation is 2. The highest BCUT2D eigenvalue weighted by Crippen LogP contribution is 2.27. The van der Waals surface area contributed by atoms with Crippen LogP contribution in [0, 0.1) is 0 Å². The minimum Gasteiger partial charge on any atom is -0.352 e. The highest BCUT2D eigenvalue weighted by atomic mass is 32.2. The molecule has 0 aromatic heterocycles. The molecular formula is C37H40N2O3S. The third kappa shape index (κ3) is 8.76. The van der Waals surface area contributed by atoms with Gasteiger partial charge in [-0.1, -0.05) is 115 Å². The van der Waals surface area contributed by atoms with Crippen LogP contribution in [0.1, 0.15) is 53.5 Å². The number of nitrogens with one attached hydrogen (secondary N) is 1. The lowest BCUT2D eigenvalue weighted by atomic mass is 9.94. The van der Waals surface area contributed by atoms with Crippen LogP contribution in [0.2, 0.25) is 0 Å². The molecule has 43 heavy (non-hydrogen) atoms. The number of nitrogens with zero attached hydrogens (tertiary/aromatic N) is 1. The standard InChI is InChI=1S/C37H40N2O3S/c40-37(38-35(24-12-20-30-14-4-1-5-15-30)25-13-21-31-16-6-2-7-17-31)36-28-33-22-10-11-23-34(33)29-39(36)43(41,42)27-26-32-18-8-3-9-19-32/h1-11,14-19,22-23,26-27,35-36H,12-13,20-21,24-25,28-29H2,(H,38,40)/b27-26+/t36-/m0/s1. The van der Waals surface area contributed by atoms with Gasteiger partial charge in [-0.3, -0.25) is 4.79 Å². The SMILES string of the molecule is O=C(NC(CCCc1ccccc1)CCCc1ccccc1)[C@@H]1Cc2ccccc2CN1S(=O)(=O)/C=C/c1ccccc1. The molecule has 4 aromatic rings. The Labute approximate surface area is 256 Å². The van der Waals surface area contributed by atoms with Crippen molar-refractivity contribution in [2.75, 3.05) is 0 Å². The Morgan fingerprint density at radius 1 is 0.744 bits per heavy atom. The molecule has 5 rings (SSSR count). The van der Waals surface area contributed by atoms with Gasteiger partial charge in [0.2, 0.25) is 15.9 Å². The maximum Gasteiger partial charge on any atom is 0.239 e. The summed E-state index contributed by atoms with van der Waals surface area (Å²) in [4.78, 5) is 14.0. The number of rotatable bonds is 13. The fraction of sp³-hybridized carbons (Fsp3) is 0.270. The van der Waals surface area contributed by atoms with Crippen LogP contribution in [0.3, 0.4) is 0 Å². The normalized spacial score (nSPS) is 15.4. The molecule has 4 aromatic carbocycles. The Morgan fingerprint density at radius 2 is 1.26 bits per heavy atom. The summed E-state index contributed by atoms with van der Waals surface area (Å²) in [7, 11) is -3.87. The van der Waals surface area contributed by atoms with Gasteiger partial charge in [0.15, 0.2) is 0 Å². The molecule has 0 bridgehead atoms. The average Bonchev–Trinajstić information content (AvgIpc) is 3.04. The first-order chi connectivity index (χ1) is 21.0. The van der Waals surface area contributed by atoms with E-state index in [9.17, 15) is 13.2 Å². The van der Waals surface area contributed by atoms with Crippen molar-refractivity contribution in [3.05, 3.63) is 148 Å². The molecule has 0 spiro atoms. The second kappa shape index (κ2) is 14.9. The van der Waals surface area contributed by atoms with Gasteiger partial charge >= 0.3 is 0 Å². The number of carbonyl (C=O) groups excluding carboxylic acids is 1. The smallest absolute Gasteiger partial charge is 0.239 e. The summed E-state index contributed by atoms with van der Waals surface area (Å²) in [6.45, 7) is 0.169. The molecule has 0 saturated heterocycles. The molecule has 1 heterocycles. The number of hydrogen-bond acceptors (Lipinski definition) is 3. The van der Waals surface area contributed by atoms with Gasteiger partial charge in [-0.2, -0.15) is 4.31 Å². The minimum atomic E-state index is -3.87. The van der Waals surface area contributed by atoms with Gasteiger partial charge in [0.1, 0.15) is 6.04 Å². The van der Waals surface area contributed by atoms with E-state index in [4.69, 9.17) is 0 Å². The maximum absolute atomic E-state index is 14.0. The van der Waals surface area contributed by atoms with Crippen molar-refractivity contribution in [1.82, 2.24) is 9.62 Å². The lowest BCUT2D eigenvalue weighted by Crippen LogP contribution is -2.53. The van der Waals surface area contributed by atoms with E-state index < -0.39 is 16.1 Å². The predicted molar refractivity (Wildman–Crippen MR) is 175 cm³/mol. The number of fused-ring (bicyclic) bond motifs is 1. The zero-order chi connectivity index (χ0) is 29.9. The molecule has 1 atom stereocenters. The summed E-state index contributed by atoms with van der Waals surface area (Å²) >= 11 is 0. The zero-order valence-corrected chi connectivity index (χ0v) is 25.3. The summed E-state index contributed by atoms with van der Waals surface area (Å²) in [5, 5.41) is 4.53. The molecule has 5 nitrogen and oxygen atoms in total. The predicted octanol–water partition coefficient (Wildman–Crippen LogP) is 6.94. The highest BCUT2D eigenvalue weighted by molar-refractivity contribution is 7.92. The van der Waals surface area contributed by atoms with Gasteiger partial charge in [-0.05, 0) is 78.8 Å². The Morgan fingerprint density at radius 3 is 1.84 bits per heavy atom. The summed E-state index contributed by atoms with van der Waals surface area (Å²) < 4.78 is 28.7. The number of carbonyl (C=O) groups is 1. The summed E-state index contributed by atoms with van der Waals surface area (Å²) in [5.41, 5.74) is 5.31. The lowest BCUT2D eigenvalue weighted by Gasteiger charge is -2.35. The quantitative estimate of drug-likeness (QED) is 0.183. The van der Waals surface area contributed by atoms with Crippen molar-refractivity contribution < 1.29 is 13.2 Å². The van der Waals surface area contributed by atoms with Crippen LogP contribution in [0.15, 0.2) is 121 Å². The minimum absolute atomic E-state index is 0.0403. The molecular weight excluding hydrogens is 552 g/mol. The third-order valence-electron chi connectivity index (χ3n) is 8.14. The molecule has 1 N–H and O–H groups in total. The number of benzene rings is 4. The van der Waals surface area contributed by atoms with E-state index in [2.05, 4.69) is 53.8 Å². The van der Waals surface area contributed by atoms with Gasteiger partial charge in [-0.25, -0.2) is 8.42 Å². The van der Waals surface area contributed by atoms with Gasteiger partial charge in [0.25, 0.3) is 0 Å². The van der Waals surface area contributed by atoms with Crippen LogP contribution in [-0.4, -0.2) is 30.7 Å². The van der Waals surface area contributed by atoms with Gasteiger partial charge in [0, 0.05) is 18.0 Å². The molecule has 1 amide bonds. The van der Waals surface area contributed by atoms with Crippen LogP contribution in [0.25, 0.3) is 6.08 Å². The Hall–Kier alpha value is -4.00. The highest BCUT2D eigenvalue weighted by Gasteiger charge is 2.38. The Bertz CT molecular complexity index is 1540. The Balaban J connectivity index is 1.32. The first-order valence-corrected chi connectivity index (χ1v) is 16.7. The lowest BCUT2D eigenvalue weighted by molar-refractivity contribution is -0.126. The van der Waals surface area contributed by atoms with Crippen LogP contribution in [-0.2, 0) is 40.6 Å². The van der Waals surface area contributed by atoms with Gasteiger partial charge in [-0.15, -0.1) is 0 Å². The fourth-order valence-electron chi connectivity index (χ4n) is 5.78. The third-order valence-corrected chi connectivity index (χ3v) is 9.65. The van der Waals surface area contributed by atoms with E-state index in [0.29, 0.717) is 6.42 Å². The molecule has 0 aliphatic carbocycles. The fourth-order valence-corrected chi connectivity index (χ4v) is 7.11. The molecule has 0 saturated carbocycles. The van der Waals surface area contributed by atoms with Crippen molar-refractivity contribution in [2.24, 2.45) is 0 Å². The van der Waals surface area contributed by atoms with E-state index in [1.54, 1.807) is 6.08 Å². The van der Waals surface area contributed by atoms with Crippen molar-refractivity contribution >= 4 is 22.0 Å². The molecule has 0 radical (unpaired) electrons. The van der Waals surface area contributed by atoms with E-state index >= 15 is 0 Å². The molecule has 0 unspecified atom stereocenters. The van der Waals surface area contributed by atoms with Gasteiger partial charge in [0.05, 0.1) is 0 Å². The molecule has 222 valence electrons. The zero-order valence-electron chi connectivity index (χ0n) is 24.5. The monoisotopic (exact) mass is 592 g/mol. The van der Waals surface area contributed by atoms with Crippen molar-refractivity contribution in [1.29, 1.82) is 0 Å². The van der Waals surface area contributed by atoms with E-state index in [-0.39, 0.29) is 18.5 Å². The van der Waals surface area contributed by atoms with Crippen LogP contribution < -0.4 is 5.32 Å². The molecule has 1 aliphatic heterocycles. The number of hydrogen-bond donors (Lipinski definition) is 1. The average molecular weight is 593 g/mol. The van der Waals surface area contributed by atoms with Crippen LogP contribution in [0.5, 0.6) is 0 Å². The van der Waals surface area contributed by atoms with Crippen LogP contribution >= 0.6 is 0 Å². The van der Waals surface area contributed by atoms with Crippen molar-refractivity contribution in [3.63, 3.8) is 0 Å². The maximum atomic E-state index is 14.0. The number of sulfonamides is 1. The van der Waals surface area contributed by atoms with Crippen molar-refractivity contribution in [3.8, 4) is 0 Å². The first kappa shape index (κ1) is 30.5. The van der Waals surface area contributed by atoms with E-state index in [1.165, 1.54) is 20.8 Å². The number of amides is 1. The van der Waals surface area contributed by atoms with E-state index in [0.717, 1.165) is 55.2 Å². The summed E-state index contributed by atoms with van der Waals surface area (Å²) in [5.74, 6) is -0.226. The Kier molecular flexibility index (Phi) is 10.6. The molecule has 1 aliphatic rings. The molecule has 6 heteroatoms. The topological polar surface area (TPSA) is 66.5 Å². The largest absolute Gasteiger partial charge is 0.352 e. The molecule has 0 fully saturated rings. The van der Waals surface area contributed by atoms with Gasteiger partial charge < -0.3 is 5.32 Å². The summed E-state index contributed by atoms with van der Waals surface area (Å²) in [6.07, 6.45) is 7.37. The van der Waals surface area contributed by atoms with E-state index in [1.807, 2.05) is 66.7 Å². The first-order valence-electron chi connectivity index (χ1n) is 15.2. The van der Waals surface area contributed by atoms with Crippen LogP contribution in [0.4, 0.5) is 0 Å².